The summed E-state index contributed by atoms with van der Waals surface area (Å²) in [5.41, 5.74) is 0. The van der Waals surface area contributed by atoms with Crippen LogP contribution in [0, 0.1) is 0 Å². The molecule has 542 valence electrons. The number of aliphatic hydroxyl groups is 2. The Balaban J connectivity index is 3.30. The SMILES string of the molecule is CCCC/C=C\CCCCCCCC(=O)OCCCCCCCCCCCCCCCCCCCCCCCCCCCCCCCCCCCCCCCCCC(=O)NC(CO)C(O)CCCCCCCCCCCCCCCCCCCCCCCCCC. The van der Waals surface area contributed by atoms with E-state index in [9.17, 15) is 19.8 Å². The maximum absolute atomic E-state index is 12.6. The Morgan fingerprint density at radius 1 is 0.297 bits per heavy atom. The third-order valence-electron chi connectivity index (χ3n) is 20.3. The summed E-state index contributed by atoms with van der Waals surface area (Å²) in [5, 5.41) is 23.5. The number of hydrogen-bond acceptors (Lipinski definition) is 5. The number of rotatable bonds is 81. The third-order valence-corrected chi connectivity index (χ3v) is 20.3. The van der Waals surface area contributed by atoms with E-state index in [1.807, 2.05) is 0 Å². The van der Waals surface area contributed by atoms with Gasteiger partial charge in [-0.2, -0.15) is 0 Å². The molecule has 0 spiro atoms. The number of carbonyl (C=O) groups excluding carboxylic acids is 2. The number of nitrogens with one attached hydrogen (secondary N) is 1. The molecule has 0 saturated carbocycles. The predicted molar refractivity (Wildman–Crippen MR) is 403 cm³/mol. The molecule has 0 bridgehead atoms. The van der Waals surface area contributed by atoms with E-state index in [0.717, 1.165) is 44.9 Å². The van der Waals surface area contributed by atoms with Crippen LogP contribution in [0.25, 0.3) is 0 Å². The van der Waals surface area contributed by atoms with E-state index in [0.29, 0.717) is 25.9 Å². The third kappa shape index (κ3) is 77.5. The van der Waals surface area contributed by atoms with Gasteiger partial charge in [0.25, 0.3) is 0 Å². The van der Waals surface area contributed by atoms with Gasteiger partial charge in [-0.1, -0.05) is 450 Å². The Hall–Kier alpha value is -1.40. The van der Waals surface area contributed by atoms with Gasteiger partial charge in [0.1, 0.15) is 0 Å². The molecule has 0 aliphatic heterocycles. The lowest BCUT2D eigenvalue weighted by Crippen LogP contribution is -2.45. The second-order valence-corrected chi connectivity index (χ2v) is 29.5. The van der Waals surface area contributed by atoms with Crippen molar-refractivity contribution in [3.8, 4) is 0 Å². The number of esters is 1. The van der Waals surface area contributed by atoms with E-state index in [1.54, 1.807) is 0 Å². The second-order valence-electron chi connectivity index (χ2n) is 29.5. The molecule has 0 fully saturated rings. The van der Waals surface area contributed by atoms with Crippen LogP contribution in [0.5, 0.6) is 0 Å². The van der Waals surface area contributed by atoms with Crippen molar-refractivity contribution in [3.05, 3.63) is 12.2 Å². The number of unbranched alkanes of at least 4 members (excludes halogenated alkanes) is 68. The first kappa shape index (κ1) is 89.6. The van der Waals surface area contributed by atoms with E-state index < -0.39 is 12.1 Å². The Labute approximate surface area is 571 Å². The quantitative estimate of drug-likeness (QED) is 0.0320. The minimum atomic E-state index is -0.661. The minimum Gasteiger partial charge on any atom is -0.466 e. The fourth-order valence-corrected chi connectivity index (χ4v) is 13.9. The molecule has 0 heterocycles. The molecular formula is C85H167NO5. The second kappa shape index (κ2) is 81.0. The molecule has 0 aromatic rings. The molecular weight excluding hydrogens is 1110 g/mol. The number of allylic oxidation sites excluding steroid dienone is 2. The van der Waals surface area contributed by atoms with Gasteiger partial charge in [0.15, 0.2) is 0 Å². The first-order valence-electron chi connectivity index (χ1n) is 42.4. The van der Waals surface area contributed by atoms with Crippen LogP contribution >= 0.6 is 0 Å². The summed E-state index contributed by atoms with van der Waals surface area (Å²) in [6.07, 6.45) is 103. The number of ether oxygens (including phenoxy) is 1. The molecule has 6 heteroatoms. The lowest BCUT2D eigenvalue weighted by atomic mass is 10.0. The smallest absolute Gasteiger partial charge is 0.305 e. The molecule has 1 amide bonds. The molecule has 0 aliphatic rings. The topological polar surface area (TPSA) is 95.9 Å². The van der Waals surface area contributed by atoms with Crippen molar-refractivity contribution in [1.82, 2.24) is 5.32 Å². The van der Waals surface area contributed by atoms with Gasteiger partial charge < -0.3 is 20.3 Å². The van der Waals surface area contributed by atoms with Gasteiger partial charge in [-0.05, 0) is 44.9 Å². The van der Waals surface area contributed by atoms with Gasteiger partial charge in [-0.25, -0.2) is 0 Å². The number of aliphatic hydroxyl groups excluding tert-OH is 2. The summed E-state index contributed by atoms with van der Waals surface area (Å²) < 4.78 is 5.48. The zero-order chi connectivity index (χ0) is 65.6. The van der Waals surface area contributed by atoms with Gasteiger partial charge in [0.2, 0.25) is 5.91 Å². The highest BCUT2D eigenvalue weighted by atomic mass is 16.5. The van der Waals surface area contributed by atoms with Crippen LogP contribution in [0.4, 0.5) is 0 Å². The van der Waals surface area contributed by atoms with Crippen molar-refractivity contribution >= 4 is 11.9 Å². The van der Waals surface area contributed by atoms with E-state index in [-0.39, 0.29) is 18.5 Å². The summed E-state index contributed by atoms with van der Waals surface area (Å²) >= 11 is 0. The van der Waals surface area contributed by atoms with Crippen LogP contribution in [-0.2, 0) is 14.3 Å². The molecule has 0 saturated heterocycles. The maximum atomic E-state index is 12.6. The molecule has 0 aromatic heterocycles. The van der Waals surface area contributed by atoms with Crippen molar-refractivity contribution in [2.24, 2.45) is 0 Å². The highest BCUT2D eigenvalue weighted by molar-refractivity contribution is 5.76. The van der Waals surface area contributed by atoms with Crippen molar-refractivity contribution in [2.75, 3.05) is 13.2 Å². The molecule has 0 aliphatic carbocycles. The van der Waals surface area contributed by atoms with Crippen LogP contribution in [0.15, 0.2) is 12.2 Å². The highest BCUT2D eigenvalue weighted by Gasteiger charge is 2.20. The van der Waals surface area contributed by atoms with Crippen molar-refractivity contribution in [1.29, 1.82) is 0 Å². The largest absolute Gasteiger partial charge is 0.466 e. The average Bonchev–Trinajstić information content (AvgIpc) is 3.68. The Morgan fingerprint density at radius 2 is 0.527 bits per heavy atom. The van der Waals surface area contributed by atoms with Gasteiger partial charge in [-0.15, -0.1) is 0 Å². The zero-order valence-corrected chi connectivity index (χ0v) is 62.4. The molecule has 6 nitrogen and oxygen atoms in total. The lowest BCUT2D eigenvalue weighted by molar-refractivity contribution is -0.143. The van der Waals surface area contributed by atoms with Crippen molar-refractivity contribution < 1.29 is 24.5 Å². The zero-order valence-electron chi connectivity index (χ0n) is 62.4. The predicted octanol–water partition coefficient (Wildman–Crippen LogP) is 28.2. The van der Waals surface area contributed by atoms with Crippen LogP contribution in [0.3, 0.4) is 0 Å². The average molecular weight is 1280 g/mol. The van der Waals surface area contributed by atoms with E-state index >= 15 is 0 Å². The molecule has 3 N–H and O–H groups in total. The fraction of sp³-hybridized carbons (Fsp3) is 0.953. The van der Waals surface area contributed by atoms with Crippen LogP contribution in [0.2, 0.25) is 0 Å². The van der Waals surface area contributed by atoms with E-state index in [2.05, 4.69) is 31.3 Å². The summed E-state index contributed by atoms with van der Waals surface area (Å²) in [6, 6.07) is -0.537. The molecule has 2 atom stereocenters. The molecule has 0 aromatic carbocycles. The number of carbonyl (C=O) groups is 2. The Kier molecular flexibility index (Phi) is 79.8. The summed E-state index contributed by atoms with van der Waals surface area (Å²) in [6.45, 7) is 4.98. The molecule has 0 radical (unpaired) electrons. The van der Waals surface area contributed by atoms with E-state index in [4.69, 9.17) is 4.74 Å². The van der Waals surface area contributed by atoms with Crippen molar-refractivity contribution in [2.45, 2.75) is 508 Å². The monoisotopic (exact) mass is 1280 g/mol. The van der Waals surface area contributed by atoms with Crippen LogP contribution < -0.4 is 5.32 Å². The van der Waals surface area contributed by atoms with Crippen LogP contribution in [-0.4, -0.2) is 47.4 Å². The fourth-order valence-electron chi connectivity index (χ4n) is 13.9. The molecule has 2 unspecified atom stereocenters. The number of hydrogen-bond donors (Lipinski definition) is 3. The Morgan fingerprint density at radius 3 is 0.813 bits per heavy atom. The van der Waals surface area contributed by atoms with Gasteiger partial charge in [0, 0.05) is 12.8 Å². The normalized spacial score (nSPS) is 12.4. The summed E-state index contributed by atoms with van der Waals surface area (Å²) in [5.74, 6) is -0.00825. The first-order valence-corrected chi connectivity index (χ1v) is 42.4. The lowest BCUT2D eigenvalue weighted by Gasteiger charge is -2.22. The van der Waals surface area contributed by atoms with E-state index in [1.165, 1.54) is 417 Å². The highest BCUT2D eigenvalue weighted by Crippen LogP contribution is 2.21. The maximum Gasteiger partial charge on any atom is 0.305 e. The van der Waals surface area contributed by atoms with Crippen molar-refractivity contribution in [3.63, 3.8) is 0 Å². The molecule has 0 rings (SSSR count). The Bertz CT molecular complexity index is 1380. The summed E-state index contributed by atoms with van der Waals surface area (Å²) in [4.78, 5) is 24.6. The summed E-state index contributed by atoms with van der Waals surface area (Å²) in [7, 11) is 0. The van der Waals surface area contributed by atoms with Gasteiger partial charge in [0.05, 0.1) is 25.4 Å². The van der Waals surface area contributed by atoms with Crippen LogP contribution in [0.1, 0.15) is 495 Å². The first-order chi connectivity index (χ1) is 45.0. The number of amides is 1. The minimum absolute atomic E-state index is 0.0140. The molecule has 91 heavy (non-hydrogen) atoms. The van der Waals surface area contributed by atoms with Gasteiger partial charge in [-0.3, -0.25) is 9.59 Å². The standard InChI is InChI=1S/C85H167NO5/c1-3-5-7-9-11-13-15-16-17-18-19-20-21-39-42-45-48-51-54-58-61-65-69-73-77-83(88)82(81-87)86-84(89)78-74-70-66-62-59-55-52-49-46-43-40-37-35-33-31-29-27-25-23-22-24-26-28-30-32-34-36-38-41-44-47-50-53-56-60-64-68-72-76-80-91-85(90)79-75-71-67-63-57-14-12-10-8-6-4-2/h10,12,82-83,87-88H,3-9,11,13-81H2,1-2H3,(H,86,89)/b12-10-. The van der Waals surface area contributed by atoms with Gasteiger partial charge >= 0.3 is 5.97 Å².